The number of methoxy groups -OCH3 is 2. The van der Waals surface area contributed by atoms with Crippen LogP contribution in [-0.2, 0) is 9.53 Å². The fraction of sp³-hybridized carbons (Fsp3) is 0.588. The normalized spacial score (nSPS) is 18.4. The fourth-order valence-electron chi connectivity index (χ4n) is 2.90. The minimum absolute atomic E-state index is 0.0940. The number of nitrogens with one attached hydrogen (secondary N) is 1. The average molecular weight is 306 g/mol. The largest absolute Gasteiger partial charge is 0.497 e. The van der Waals surface area contributed by atoms with E-state index in [-0.39, 0.29) is 5.91 Å². The van der Waals surface area contributed by atoms with Crippen molar-refractivity contribution in [2.45, 2.75) is 25.3 Å². The number of benzene rings is 1. The number of carbonyl (C=O) groups excluding carboxylic acids is 1. The molecule has 2 rings (SSSR count). The Morgan fingerprint density at radius 1 is 1.32 bits per heavy atom. The molecule has 1 aliphatic heterocycles. The van der Waals surface area contributed by atoms with Gasteiger partial charge in [-0.1, -0.05) is 12.1 Å². The van der Waals surface area contributed by atoms with Crippen LogP contribution < -0.4 is 10.1 Å². The number of hydrogen-bond acceptors (Lipinski definition) is 4. The first-order valence-corrected chi connectivity index (χ1v) is 7.88. The summed E-state index contributed by atoms with van der Waals surface area (Å²) >= 11 is 0. The van der Waals surface area contributed by atoms with Gasteiger partial charge in [0.15, 0.2) is 0 Å². The van der Waals surface area contributed by atoms with E-state index in [0.717, 1.165) is 31.6 Å². The van der Waals surface area contributed by atoms with E-state index in [1.165, 1.54) is 5.56 Å². The molecular weight excluding hydrogens is 280 g/mol. The van der Waals surface area contributed by atoms with Crippen molar-refractivity contribution in [2.24, 2.45) is 0 Å². The lowest BCUT2D eigenvalue weighted by Gasteiger charge is -2.24. The molecular formula is C17H26N2O3. The molecule has 122 valence electrons. The smallest absolute Gasteiger partial charge is 0.234 e. The summed E-state index contributed by atoms with van der Waals surface area (Å²) < 4.78 is 10.2. The lowest BCUT2D eigenvalue weighted by Crippen LogP contribution is -2.37. The average Bonchev–Trinajstić information content (AvgIpc) is 2.99. The van der Waals surface area contributed by atoms with Gasteiger partial charge in [-0.3, -0.25) is 9.69 Å². The summed E-state index contributed by atoms with van der Waals surface area (Å²) in [6.45, 7) is 2.79. The number of rotatable bonds is 8. The highest BCUT2D eigenvalue weighted by molar-refractivity contribution is 5.78. The maximum Gasteiger partial charge on any atom is 0.234 e. The van der Waals surface area contributed by atoms with Crippen LogP contribution in [0.1, 0.15) is 30.9 Å². The number of amides is 1. The SMILES string of the molecule is COCCCNC(=O)CN1CCCC1c1ccc(OC)cc1. The van der Waals surface area contributed by atoms with Gasteiger partial charge in [-0.2, -0.15) is 0 Å². The molecule has 1 unspecified atom stereocenters. The monoisotopic (exact) mass is 306 g/mol. The van der Waals surface area contributed by atoms with Crippen molar-refractivity contribution >= 4 is 5.91 Å². The molecule has 5 heteroatoms. The van der Waals surface area contributed by atoms with Crippen molar-refractivity contribution in [3.8, 4) is 5.75 Å². The Morgan fingerprint density at radius 3 is 2.77 bits per heavy atom. The molecule has 1 N–H and O–H groups in total. The summed E-state index contributed by atoms with van der Waals surface area (Å²) in [5.74, 6) is 0.959. The van der Waals surface area contributed by atoms with Crippen LogP contribution >= 0.6 is 0 Å². The van der Waals surface area contributed by atoms with Crippen molar-refractivity contribution in [2.75, 3.05) is 40.5 Å². The molecule has 22 heavy (non-hydrogen) atoms. The Morgan fingerprint density at radius 2 is 2.09 bits per heavy atom. The Bertz CT molecular complexity index is 461. The third-order valence-corrected chi connectivity index (χ3v) is 4.06. The zero-order valence-electron chi connectivity index (χ0n) is 13.5. The van der Waals surface area contributed by atoms with Crippen LogP contribution in [0.3, 0.4) is 0 Å². The van der Waals surface area contributed by atoms with Crippen LogP contribution in [0.2, 0.25) is 0 Å². The van der Waals surface area contributed by atoms with Gasteiger partial charge in [0.1, 0.15) is 5.75 Å². The Hall–Kier alpha value is -1.59. The van der Waals surface area contributed by atoms with Crippen LogP contribution in [0.5, 0.6) is 5.75 Å². The predicted octanol–water partition coefficient (Wildman–Crippen LogP) is 1.98. The maximum atomic E-state index is 12.0. The number of nitrogens with zero attached hydrogens (tertiary/aromatic N) is 1. The summed E-state index contributed by atoms with van der Waals surface area (Å²) in [7, 11) is 3.34. The number of ether oxygens (including phenoxy) is 2. The lowest BCUT2D eigenvalue weighted by molar-refractivity contribution is -0.122. The molecule has 0 saturated carbocycles. The molecule has 0 aromatic heterocycles. The van der Waals surface area contributed by atoms with Gasteiger partial charge in [-0.25, -0.2) is 0 Å². The Kier molecular flexibility index (Phi) is 6.68. The Balaban J connectivity index is 1.85. The molecule has 1 saturated heterocycles. The van der Waals surface area contributed by atoms with Crippen molar-refractivity contribution in [1.82, 2.24) is 10.2 Å². The number of hydrogen-bond donors (Lipinski definition) is 1. The second-order valence-corrected chi connectivity index (χ2v) is 5.60. The highest BCUT2D eigenvalue weighted by Gasteiger charge is 2.27. The van der Waals surface area contributed by atoms with E-state index in [9.17, 15) is 4.79 Å². The molecule has 0 bridgehead atoms. The molecule has 1 amide bonds. The van der Waals surface area contributed by atoms with Crippen molar-refractivity contribution in [1.29, 1.82) is 0 Å². The van der Waals surface area contributed by atoms with E-state index in [1.807, 2.05) is 12.1 Å². The first-order valence-electron chi connectivity index (χ1n) is 7.88. The predicted molar refractivity (Wildman–Crippen MR) is 86.0 cm³/mol. The standard InChI is InChI=1S/C17H26N2O3/c1-21-12-4-10-18-17(20)13-19-11-3-5-16(19)14-6-8-15(22-2)9-7-14/h6-9,16H,3-5,10-13H2,1-2H3,(H,18,20). The van der Waals surface area contributed by atoms with Gasteiger partial charge < -0.3 is 14.8 Å². The maximum absolute atomic E-state index is 12.0. The molecule has 1 aromatic rings. The molecule has 1 heterocycles. The van der Waals surface area contributed by atoms with Gasteiger partial charge in [0, 0.05) is 26.3 Å². The van der Waals surface area contributed by atoms with Crippen molar-refractivity contribution in [3.05, 3.63) is 29.8 Å². The van der Waals surface area contributed by atoms with Gasteiger partial charge in [-0.15, -0.1) is 0 Å². The highest BCUT2D eigenvalue weighted by Crippen LogP contribution is 2.32. The highest BCUT2D eigenvalue weighted by atomic mass is 16.5. The quantitative estimate of drug-likeness (QED) is 0.746. The minimum Gasteiger partial charge on any atom is -0.497 e. The van der Waals surface area contributed by atoms with Crippen LogP contribution in [-0.4, -0.2) is 51.3 Å². The summed E-state index contributed by atoms with van der Waals surface area (Å²) in [6.07, 6.45) is 3.08. The molecule has 0 radical (unpaired) electrons. The summed E-state index contributed by atoms with van der Waals surface area (Å²) in [5.41, 5.74) is 1.26. The second kappa shape index (κ2) is 8.76. The summed E-state index contributed by atoms with van der Waals surface area (Å²) in [4.78, 5) is 14.3. The molecule has 5 nitrogen and oxygen atoms in total. The van der Waals surface area contributed by atoms with E-state index in [0.29, 0.717) is 25.7 Å². The van der Waals surface area contributed by atoms with Gasteiger partial charge in [0.2, 0.25) is 5.91 Å². The minimum atomic E-state index is 0.0940. The van der Waals surface area contributed by atoms with E-state index in [1.54, 1.807) is 14.2 Å². The molecule has 0 spiro atoms. The molecule has 1 fully saturated rings. The van der Waals surface area contributed by atoms with Crippen LogP contribution in [0.4, 0.5) is 0 Å². The topological polar surface area (TPSA) is 50.8 Å². The van der Waals surface area contributed by atoms with Gasteiger partial charge >= 0.3 is 0 Å². The van der Waals surface area contributed by atoms with Crippen LogP contribution in [0.25, 0.3) is 0 Å². The number of likely N-dealkylation sites (tertiary alicyclic amines) is 1. The van der Waals surface area contributed by atoms with E-state index >= 15 is 0 Å². The fourth-order valence-corrected chi connectivity index (χ4v) is 2.90. The first-order chi connectivity index (χ1) is 10.7. The molecule has 1 aliphatic rings. The van der Waals surface area contributed by atoms with Gasteiger partial charge in [0.05, 0.1) is 13.7 Å². The first kappa shape index (κ1) is 16.8. The lowest BCUT2D eigenvalue weighted by atomic mass is 10.0. The van der Waals surface area contributed by atoms with E-state index in [2.05, 4.69) is 22.3 Å². The Labute approximate surface area is 132 Å². The van der Waals surface area contributed by atoms with E-state index in [4.69, 9.17) is 9.47 Å². The number of carbonyl (C=O) groups is 1. The third kappa shape index (κ3) is 4.71. The van der Waals surface area contributed by atoms with Crippen LogP contribution in [0, 0.1) is 0 Å². The zero-order chi connectivity index (χ0) is 15.8. The summed E-state index contributed by atoms with van der Waals surface area (Å²) in [5, 5.41) is 2.95. The second-order valence-electron chi connectivity index (χ2n) is 5.60. The summed E-state index contributed by atoms with van der Waals surface area (Å²) in [6, 6.07) is 8.49. The molecule has 1 atom stereocenters. The van der Waals surface area contributed by atoms with Crippen molar-refractivity contribution in [3.63, 3.8) is 0 Å². The molecule has 1 aromatic carbocycles. The van der Waals surface area contributed by atoms with Gasteiger partial charge in [-0.05, 0) is 43.5 Å². The van der Waals surface area contributed by atoms with E-state index < -0.39 is 0 Å². The van der Waals surface area contributed by atoms with Crippen LogP contribution in [0.15, 0.2) is 24.3 Å². The third-order valence-electron chi connectivity index (χ3n) is 4.06. The molecule has 0 aliphatic carbocycles. The van der Waals surface area contributed by atoms with Gasteiger partial charge in [0.25, 0.3) is 0 Å². The zero-order valence-corrected chi connectivity index (χ0v) is 13.5. The van der Waals surface area contributed by atoms with Crippen molar-refractivity contribution < 1.29 is 14.3 Å².